The van der Waals surface area contributed by atoms with E-state index in [1.54, 1.807) is 0 Å². The Balaban J connectivity index is 2.15. The first kappa shape index (κ1) is 12.5. The molecule has 1 rings (SSSR count). The second-order valence-electron chi connectivity index (χ2n) is 3.76. The van der Waals surface area contributed by atoms with Crippen molar-refractivity contribution in [2.24, 2.45) is 0 Å². The van der Waals surface area contributed by atoms with Crippen LogP contribution in [0.5, 0.6) is 0 Å². The summed E-state index contributed by atoms with van der Waals surface area (Å²) >= 11 is 5.16. The van der Waals surface area contributed by atoms with Gasteiger partial charge in [0.1, 0.15) is 0 Å². The summed E-state index contributed by atoms with van der Waals surface area (Å²) in [6.45, 7) is 6.84. The molecule has 3 nitrogen and oxygen atoms in total. The normalized spacial score (nSPS) is 10.8. The van der Waals surface area contributed by atoms with Gasteiger partial charge in [0, 0.05) is 31.6 Å². The Morgan fingerprint density at radius 2 is 2.13 bits per heavy atom. The summed E-state index contributed by atoms with van der Waals surface area (Å²) in [5.74, 6) is 0. The van der Waals surface area contributed by atoms with Crippen molar-refractivity contribution in [3.05, 3.63) is 16.7 Å². The predicted molar refractivity (Wildman–Crippen MR) is 64.7 cm³/mol. The fourth-order valence-electron chi connectivity index (χ4n) is 1.42. The number of aromatic nitrogens is 2. The first-order valence-corrected chi connectivity index (χ1v) is 5.98. The predicted octanol–water partition coefficient (Wildman–Crippen LogP) is 3.06. The molecule has 0 aliphatic heterocycles. The molecular formula is C11H20N2OS. The molecule has 0 amide bonds. The van der Waals surface area contributed by atoms with E-state index in [1.807, 2.05) is 13.1 Å². The lowest BCUT2D eigenvalue weighted by molar-refractivity contribution is 0.126. The fraction of sp³-hybridized carbons (Fsp3) is 0.727. The molecule has 15 heavy (non-hydrogen) atoms. The summed E-state index contributed by atoms with van der Waals surface area (Å²) in [7, 11) is 0. The second kappa shape index (κ2) is 6.80. The van der Waals surface area contributed by atoms with Crippen LogP contribution in [0, 0.1) is 11.7 Å². The van der Waals surface area contributed by atoms with Gasteiger partial charge in [-0.1, -0.05) is 13.3 Å². The van der Waals surface area contributed by atoms with Gasteiger partial charge in [-0.2, -0.15) is 0 Å². The van der Waals surface area contributed by atoms with Gasteiger partial charge in [0.05, 0.1) is 0 Å². The van der Waals surface area contributed by atoms with Gasteiger partial charge in [0.25, 0.3) is 0 Å². The summed E-state index contributed by atoms with van der Waals surface area (Å²) in [4.78, 5) is 3.11. The minimum absolute atomic E-state index is 0.807. The topological polar surface area (TPSA) is 29.9 Å². The van der Waals surface area contributed by atoms with Gasteiger partial charge in [-0.15, -0.1) is 0 Å². The Labute approximate surface area is 96.5 Å². The Bertz CT molecular complexity index is 330. The van der Waals surface area contributed by atoms with E-state index < -0.39 is 0 Å². The minimum Gasteiger partial charge on any atom is -0.381 e. The van der Waals surface area contributed by atoms with Gasteiger partial charge in [0.15, 0.2) is 4.77 Å². The molecule has 1 heterocycles. The van der Waals surface area contributed by atoms with Crippen LogP contribution >= 0.6 is 12.2 Å². The molecule has 0 unspecified atom stereocenters. The van der Waals surface area contributed by atoms with Crippen molar-refractivity contribution in [3.63, 3.8) is 0 Å². The van der Waals surface area contributed by atoms with Crippen LogP contribution in [0.4, 0.5) is 0 Å². The van der Waals surface area contributed by atoms with Crippen LogP contribution in [0.25, 0.3) is 0 Å². The highest BCUT2D eigenvalue weighted by Gasteiger charge is 1.96. The highest BCUT2D eigenvalue weighted by Crippen LogP contribution is 1.99. The highest BCUT2D eigenvalue weighted by molar-refractivity contribution is 7.71. The number of nitrogens with zero attached hydrogens (tertiary/aromatic N) is 1. The lowest BCUT2D eigenvalue weighted by atomic mass is 10.4. The molecule has 4 heteroatoms. The number of H-pyrrole nitrogens is 1. The summed E-state index contributed by atoms with van der Waals surface area (Å²) in [5.41, 5.74) is 1.12. The lowest BCUT2D eigenvalue weighted by Crippen LogP contribution is -2.02. The Morgan fingerprint density at radius 1 is 1.40 bits per heavy atom. The van der Waals surface area contributed by atoms with E-state index in [0.717, 1.165) is 43.1 Å². The van der Waals surface area contributed by atoms with Gasteiger partial charge in [-0.25, -0.2) is 0 Å². The quantitative estimate of drug-likeness (QED) is 0.574. The van der Waals surface area contributed by atoms with Crippen LogP contribution in [0.1, 0.15) is 31.9 Å². The fourth-order valence-corrected chi connectivity index (χ4v) is 1.72. The minimum atomic E-state index is 0.807. The lowest BCUT2D eigenvalue weighted by Gasteiger charge is -2.03. The SMILES string of the molecule is CCCCOCCCn1cc(C)[nH]c1=S. The van der Waals surface area contributed by atoms with Gasteiger partial charge in [-0.3, -0.25) is 0 Å². The number of nitrogens with one attached hydrogen (secondary N) is 1. The molecule has 86 valence electrons. The zero-order valence-electron chi connectivity index (χ0n) is 9.58. The molecule has 0 spiro atoms. The van der Waals surface area contributed by atoms with E-state index >= 15 is 0 Å². The Kier molecular flexibility index (Phi) is 5.65. The molecule has 0 saturated carbocycles. The van der Waals surface area contributed by atoms with Gasteiger partial charge >= 0.3 is 0 Å². The standard InChI is InChI=1S/C11H20N2OS/c1-3-4-7-14-8-5-6-13-9-10(2)12-11(13)15/h9H,3-8H2,1-2H3,(H,12,15). The first-order chi connectivity index (χ1) is 7.24. The van der Waals surface area contributed by atoms with Crippen molar-refractivity contribution in [1.82, 2.24) is 9.55 Å². The maximum Gasteiger partial charge on any atom is 0.177 e. The third-order valence-electron chi connectivity index (χ3n) is 2.24. The van der Waals surface area contributed by atoms with Crippen molar-refractivity contribution >= 4 is 12.2 Å². The van der Waals surface area contributed by atoms with Crippen molar-refractivity contribution in [1.29, 1.82) is 0 Å². The van der Waals surface area contributed by atoms with E-state index in [4.69, 9.17) is 17.0 Å². The summed E-state index contributed by atoms with van der Waals surface area (Å²) in [5, 5.41) is 0. The zero-order chi connectivity index (χ0) is 11.1. The number of unbranched alkanes of at least 4 members (excludes halogenated alkanes) is 1. The van der Waals surface area contributed by atoms with Crippen LogP contribution in [0.15, 0.2) is 6.20 Å². The van der Waals surface area contributed by atoms with Crippen molar-refractivity contribution < 1.29 is 4.74 Å². The molecule has 0 saturated heterocycles. The van der Waals surface area contributed by atoms with E-state index in [-0.39, 0.29) is 0 Å². The van der Waals surface area contributed by atoms with E-state index in [9.17, 15) is 0 Å². The number of imidazole rings is 1. The molecule has 1 aromatic heterocycles. The van der Waals surface area contributed by atoms with E-state index in [1.165, 1.54) is 6.42 Å². The van der Waals surface area contributed by atoms with Crippen LogP contribution in [0.2, 0.25) is 0 Å². The summed E-state index contributed by atoms with van der Waals surface area (Å²) < 4.78 is 8.35. The number of aryl methyl sites for hydroxylation is 2. The largest absolute Gasteiger partial charge is 0.381 e. The molecule has 0 fully saturated rings. The first-order valence-electron chi connectivity index (χ1n) is 5.58. The third-order valence-corrected chi connectivity index (χ3v) is 2.58. The second-order valence-corrected chi connectivity index (χ2v) is 4.14. The number of hydrogen-bond donors (Lipinski definition) is 1. The molecule has 0 bridgehead atoms. The van der Waals surface area contributed by atoms with Crippen LogP contribution in [0.3, 0.4) is 0 Å². The van der Waals surface area contributed by atoms with E-state index in [2.05, 4.69) is 16.5 Å². The zero-order valence-corrected chi connectivity index (χ0v) is 10.4. The van der Waals surface area contributed by atoms with Crippen molar-refractivity contribution in [3.8, 4) is 0 Å². The monoisotopic (exact) mass is 228 g/mol. The van der Waals surface area contributed by atoms with Crippen molar-refractivity contribution in [2.75, 3.05) is 13.2 Å². The smallest absolute Gasteiger partial charge is 0.177 e. The number of aromatic amines is 1. The average Bonchev–Trinajstić information content (AvgIpc) is 2.51. The summed E-state index contributed by atoms with van der Waals surface area (Å²) in [6.07, 6.45) is 5.43. The summed E-state index contributed by atoms with van der Waals surface area (Å²) in [6, 6.07) is 0. The molecule has 1 aromatic rings. The maximum absolute atomic E-state index is 5.48. The number of rotatable bonds is 7. The molecular weight excluding hydrogens is 208 g/mol. The average molecular weight is 228 g/mol. The van der Waals surface area contributed by atoms with Crippen LogP contribution < -0.4 is 0 Å². The van der Waals surface area contributed by atoms with Crippen LogP contribution in [-0.4, -0.2) is 22.8 Å². The Hall–Kier alpha value is -0.610. The Morgan fingerprint density at radius 3 is 2.73 bits per heavy atom. The van der Waals surface area contributed by atoms with E-state index in [0.29, 0.717) is 0 Å². The molecule has 0 aromatic carbocycles. The van der Waals surface area contributed by atoms with Gasteiger partial charge in [-0.05, 0) is 32.0 Å². The molecule has 0 atom stereocenters. The molecule has 0 aliphatic rings. The van der Waals surface area contributed by atoms with Gasteiger partial charge in [0.2, 0.25) is 0 Å². The van der Waals surface area contributed by atoms with Crippen LogP contribution in [-0.2, 0) is 11.3 Å². The molecule has 0 radical (unpaired) electrons. The highest BCUT2D eigenvalue weighted by atomic mass is 32.1. The number of ether oxygens (including phenoxy) is 1. The molecule has 1 N–H and O–H groups in total. The third kappa shape index (κ3) is 4.62. The molecule has 0 aliphatic carbocycles. The maximum atomic E-state index is 5.48. The van der Waals surface area contributed by atoms with Gasteiger partial charge < -0.3 is 14.3 Å². The van der Waals surface area contributed by atoms with Crippen molar-refractivity contribution in [2.45, 2.75) is 39.7 Å². The number of hydrogen-bond acceptors (Lipinski definition) is 2.